The Morgan fingerprint density at radius 3 is 2.54 bits per heavy atom. The Hall–Kier alpha value is -1.42. The van der Waals surface area contributed by atoms with Crippen molar-refractivity contribution >= 4 is 0 Å². The van der Waals surface area contributed by atoms with E-state index in [-0.39, 0.29) is 12.6 Å². The van der Waals surface area contributed by atoms with Gasteiger partial charge in [-0.15, -0.1) is 0 Å². The van der Waals surface area contributed by atoms with Crippen molar-refractivity contribution in [1.29, 1.82) is 0 Å². The molecule has 0 saturated carbocycles. The summed E-state index contributed by atoms with van der Waals surface area (Å²) in [5, 5.41) is 15.9. The van der Waals surface area contributed by atoms with Gasteiger partial charge in [0.25, 0.3) is 0 Å². The summed E-state index contributed by atoms with van der Waals surface area (Å²) >= 11 is 0. The Balaban J connectivity index is 2.76. The third kappa shape index (κ3) is 2.83. The van der Waals surface area contributed by atoms with Gasteiger partial charge in [0.05, 0.1) is 0 Å². The number of benzene rings is 1. The lowest BCUT2D eigenvalue weighted by Crippen LogP contribution is -1.98. The Bertz CT molecular complexity index is 261. The molecule has 1 unspecified atom stereocenters. The number of hydrogen-bond acceptors (Lipinski definition) is 3. The fraction of sp³-hybridized carbons (Fsp3) is 0.333. The van der Waals surface area contributed by atoms with E-state index in [1.165, 1.54) is 0 Å². The maximum Gasteiger partial charge on any atom is 0.100 e. The van der Waals surface area contributed by atoms with E-state index in [4.69, 9.17) is 10.9 Å². The number of nitrogens with two attached hydrogens (primary N) is 1. The van der Waals surface area contributed by atoms with Crippen LogP contribution < -0.4 is 5.84 Å². The molecule has 1 aromatic carbocycles. The number of hydrogen-bond donors (Lipinski definition) is 2. The van der Waals surface area contributed by atoms with E-state index >= 15 is 0 Å². The quantitative estimate of drug-likeness (QED) is 0.417. The number of rotatable bonds is 4. The average molecular weight is 179 g/mol. The van der Waals surface area contributed by atoms with Crippen LogP contribution in [0.15, 0.2) is 40.7 Å². The minimum Gasteiger partial charge on any atom is -0.396 e. The van der Waals surface area contributed by atoms with Crippen molar-refractivity contribution in [1.82, 2.24) is 0 Å². The normalized spacial score (nSPS) is 13.3. The van der Waals surface area contributed by atoms with Crippen LogP contribution in [0.2, 0.25) is 0 Å². The van der Waals surface area contributed by atoms with Crippen LogP contribution in [-0.4, -0.2) is 11.7 Å². The predicted octanol–water partition coefficient (Wildman–Crippen LogP) is 1.44. The highest BCUT2D eigenvalue weighted by molar-refractivity contribution is 5.18. The first kappa shape index (κ1) is 9.67. The highest BCUT2D eigenvalue weighted by Gasteiger charge is 2.08. The minimum atomic E-state index is -0.129. The molecule has 0 aliphatic rings. The van der Waals surface area contributed by atoms with Crippen LogP contribution in [0, 0.1) is 0 Å². The van der Waals surface area contributed by atoms with Crippen LogP contribution in [0.1, 0.15) is 18.0 Å². The monoisotopic (exact) mass is 179 g/mol. The summed E-state index contributed by atoms with van der Waals surface area (Å²) in [6.07, 6.45) is 0.546. The minimum absolute atomic E-state index is 0.0819. The highest BCUT2D eigenvalue weighted by Crippen LogP contribution is 2.20. The van der Waals surface area contributed by atoms with Gasteiger partial charge in [0, 0.05) is 6.61 Å². The smallest absolute Gasteiger partial charge is 0.100 e. The zero-order valence-corrected chi connectivity index (χ0v) is 7.30. The van der Waals surface area contributed by atoms with Gasteiger partial charge >= 0.3 is 0 Å². The van der Waals surface area contributed by atoms with Crippen LogP contribution >= 0.6 is 0 Å². The second-order valence-corrected chi connectivity index (χ2v) is 2.67. The Kier molecular flexibility index (Phi) is 3.92. The summed E-state index contributed by atoms with van der Waals surface area (Å²) in [5.74, 6) is 4.97. The molecule has 0 spiro atoms. The molecule has 0 aromatic heterocycles. The second kappa shape index (κ2) is 5.27. The van der Waals surface area contributed by atoms with E-state index in [1.807, 2.05) is 30.3 Å². The zero-order chi connectivity index (χ0) is 9.52. The van der Waals surface area contributed by atoms with E-state index in [9.17, 15) is 0 Å². The van der Waals surface area contributed by atoms with Crippen molar-refractivity contribution in [2.45, 2.75) is 12.5 Å². The van der Waals surface area contributed by atoms with Crippen LogP contribution in [-0.2, 0) is 0 Å². The van der Waals surface area contributed by atoms with Crippen molar-refractivity contribution in [3.05, 3.63) is 35.9 Å². The van der Waals surface area contributed by atoms with Crippen molar-refractivity contribution in [3.63, 3.8) is 0 Å². The van der Waals surface area contributed by atoms with Crippen LogP contribution in [0.25, 0.3) is 0 Å². The third-order valence-corrected chi connectivity index (χ3v) is 1.79. The average Bonchev–Trinajstić information content (AvgIpc) is 2.19. The number of aliphatic hydroxyl groups excluding tert-OH is 1. The Morgan fingerprint density at radius 2 is 2.00 bits per heavy atom. The lowest BCUT2D eigenvalue weighted by molar-refractivity contribution is 0.275. The van der Waals surface area contributed by atoms with Crippen LogP contribution in [0.3, 0.4) is 0 Å². The van der Waals surface area contributed by atoms with E-state index < -0.39 is 0 Å². The molecular weight excluding hydrogens is 166 g/mol. The van der Waals surface area contributed by atoms with Crippen molar-refractivity contribution in [2.24, 2.45) is 16.2 Å². The summed E-state index contributed by atoms with van der Waals surface area (Å²) < 4.78 is 0. The molecule has 0 aliphatic heterocycles. The molecule has 1 rings (SSSR count). The lowest BCUT2D eigenvalue weighted by atomic mass is 10.1. The molecule has 0 aliphatic carbocycles. The van der Waals surface area contributed by atoms with Crippen LogP contribution in [0.5, 0.6) is 0 Å². The predicted molar refractivity (Wildman–Crippen MR) is 49.9 cm³/mol. The van der Waals surface area contributed by atoms with Gasteiger partial charge < -0.3 is 10.9 Å². The van der Waals surface area contributed by atoms with Crippen molar-refractivity contribution in [3.8, 4) is 0 Å². The molecule has 4 nitrogen and oxygen atoms in total. The van der Waals surface area contributed by atoms with Crippen molar-refractivity contribution in [2.75, 3.05) is 6.61 Å². The molecule has 4 heteroatoms. The van der Waals surface area contributed by atoms with Gasteiger partial charge in [-0.2, -0.15) is 5.11 Å². The van der Waals surface area contributed by atoms with E-state index in [1.54, 1.807) is 0 Å². The maximum absolute atomic E-state index is 8.78. The molecule has 13 heavy (non-hydrogen) atoms. The zero-order valence-electron chi connectivity index (χ0n) is 7.30. The Labute approximate surface area is 77.1 Å². The van der Waals surface area contributed by atoms with Gasteiger partial charge in [0.1, 0.15) is 6.04 Å². The first-order chi connectivity index (χ1) is 6.38. The first-order valence-corrected chi connectivity index (χ1v) is 4.14. The lowest BCUT2D eigenvalue weighted by Gasteiger charge is -2.08. The summed E-state index contributed by atoms with van der Waals surface area (Å²) in [6.45, 7) is 0.0819. The Morgan fingerprint density at radius 1 is 1.31 bits per heavy atom. The molecule has 1 atom stereocenters. The molecule has 0 saturated heterocycles. The third-order valence-electron chi connectivity index (χ3n) is 1.79. The molecular formula is C9H13N3O. The molecule has 0 heterocycles. The fourth-order valence-electron chi connectivity index (χ4n) is 1.17. The standard InChI is InChI=1S/C9H13N3O/c10-12-11-9(6-7-13)8-4-2-1-3-5-8/h1-5,9,13H,6-7H2,(H2,10,11). The van der Waals surface area contributed by atoms with Crippen molar-refractivity contribution < 1.29 is 5.11 Å². The summed E-state index contributed by atoms with van der Waals surface area (Å²) in [4.78, 5) is 0. The molecule has 0 bridgehead atoms. The van der Waals surface area contributed by atoms with Gasteiger partial charge in [-0.05, 0) is 12.0 Å². The van der Waals surface area contributed by atoms with Gasteiger partial charge in [-0.25, -0.2) is 0 Å². The van der Waals surface area contributed by atoms with E-state index in [0.29, 0.717) is 6.42 Å². The molecule has 70 valence electrons. The summed E-state index contributed by atoms with van der Waals surface area (Å²) in [7, 11) is 0. The first-order valence-electron chi connectivity index (χ1n) is 4.14. The summed E-state index contributed by atoms with van der Waals surface area (Å²) in [6, 6.07) is 9.52. The summed E-state index contributed by atoms with van der Waals surface area (Å²) in [5.41, 5.74) is 1.02. The highest BCUT2D eigenvalue weighted by atomic mass is 16.3. The maximum atomic E-state index is 8.78. The molecule has 0 amide bonds. The number of nitrogens with zero attached hydrogens (tertiary/aromatic N) is 2. The molecule has 3 N–H and O–H groups in total. The molecule has 0 radical (unpaired) electrons. The van der Waals surface area contributed by atoms with Gasteiger partial charge in [-0.3, -0.25) is 0 Å². The topological polar surface area (TPSA) is 71.0 Å². The second-order valence-electron chi connectivity index (χ2n) is 2.67. The van der Waals surface area contributed by atoms with Crippen LogP contribution in [0.4, 0.5) is 0 Å². The number of aliphatic hydroxyl groups is 1. The largest absolute Gasteiger partial charge is 0.396 e. The van der Waals surface area contributed by atoms with E-state index in [0.717, 1.165) is 5.56 Å². The van der Waals surface area contributed by atoms with Gasteiger partial charge in [0.15, 0.2) is 0 Å². The van der Waals surface area contributed by atoms with E-state index in [2.05, 4.69) is 10.3 Å². The fourth-order valence-corrected chi connectivity index (χ4v) is 1.17. The van der Waals surface area contributed by atoms with Gasteiger partial charge in [-0.1, -0.05) is 35.6 Å². The molecule has 0 fully saturated rings. The van der Waals surface area contributed by atoms with Gasteiger partial charge in [0.2, 0.25) is 0 Å². The molecule has 1 aromatic rings. The SMILES string of the molecule is NN=NC(CCO)c1ccccc1.